The van der Waals surface area contributed by atoms with E-state index in [1.54, 1.807) is 4.90 Å². The molecule has 1 aliphatic carbocycles. The molecule has 2 fully saturated rings. The predicted molar refractivity (Wildman–Crippen MR) is 74.4 cm³/mol. The van der Waals surface area contributed by atoms with Gasteiger partial charge in [-0.15, -0.1) is 0 Å². The standard InChI is InChI=1S/C15H23NO5/c1-21-15(20)10-6-8-16(9-7-10)13(17)11-4-2-3-5-12(11)14(18)19/h10-12H,2-9H2,1H3,(H,18,19). The number of carbonyl (C=O) groups is 3. The third-order valence-corrected chi connectivity index (χ3v) is 4.74. The molecule has 0 aromatic rings. The first kappa shape index (κ1) is 15.8. The maximum Gasteiger partial charge on any atom is 0.308 e. The Balaban J connectivity index is 1.94. The summed E-state index contributed by atoms with van der Waals surface area (Å²) >= 11 is 0. The fourth-order valence-corrected chi connectivity index (χ4v) is 3.46. The van der Waals surface area contributed by atoms with E-state index in [4.69, 9.17) is 4.74 Å². The van der Waals surface area contributed by atoms with Gasteiger partial charge >= 0.3 is 11.9 Å². The zero-order valence-corrected chi connectivity index (χ0v) is 12.4. The van der Waals surface area contributed by atoms with Crippen LogP contribution in [-0.4, -0.2) is 48.1 Å². The van der Waals surface area contributed by atoms with Gasteiger partial charge in [0.2, 0.25) is 5.91 Å². The summed E-state index contributed by atoms with van der Waals surface area (Å²) in [6, 6.07) is 0. The van der Waals surface area contributed by atoms with Crippen LogP contribution in [-0.2, 0) is 19.1 Å². The van der Waals surface area contributed by atoms with Crippen molar-refractivity contribution in [2.45, 2.75) is 38.5 Å². The van der Waals surface area contributed by atoms with Crippen LogP contribution in [0.3, 0.4) is 0 Å². The van der Waals surface area contributed by atoms with Crippen LogP contribution in [0.25, 0.3) is 0 Å². The normalized spacial score (nSPS) is 27.2. The fraction of sp³-hybridized carbons (Fsp3) is 0.800. The van der Waals surface area contributed by atoms with E-state index in [2.05, 4.69) is 0 Å². The largest absolute Gasteiger partial charge is 0.481 e. The molecule has 2 atom stereocenters. The summed E-state index contributed by atoms with van der Waals surface area (Å²) in [6.45, 7) is 1.03. The maximum atomic E-state index is 12.6. The monoisotopic (exact) mass is 297 g/mol. The van der Waals surface area contributed by atoms with Crippen molar-refractivity contribution < 1.29 is 24.2 Å². The molecule has 0 aromatic carbocycles. The minimum Gasteiger partial charge on any atom is -0.481 e. The number of carboxylic acid groups (broad SMARTS) is 1. The van der Waals surface area contributed by atoms with E-state index in [0.29, 0.717) is 38.8 Å². The number of hydrogen-bond acceptors (Lipinski definition) is 4. The molecule has 1 N–H and O–H groups in total. The molecule has 2 unspecified atom stereocenters. The van der Waals surface area contributed by atoms with Crippen molar-refractivity contribution in [2.75, 3.05) is 20.2 Å². The number of rotatable bonds is 3. The molecule has 1 aliphatic heterocycles. The Hall–Kier alpha value is -1.59. The molecule has 0 bridgehead atoms. The van der Waals surface area contributed by atoms with Gasteiger partial charge in [-0.3, -0.25) is 14.4 Å². The van der Waals surface area contributed by atoms with Gasteiger partial charge < -0.3 is 14.7 Å². The highest BCUT2D eigenvalue weighted by Gasteiger charge is 2.39. The van der Waals surface area contributed by atoms with Crippen molar-refractivity contribution in [3.05, 3.63) is 0 Å². The van der Waals surface area contributed by atoms with E-state index in [-0.39, 0.29) is 17.8 Å². The Kier molecular flexibility index (Phi) is 5.20. The van der Waals surface area contributed by atoms with Crippen LogP contribution in [0.15, 0.2) is 0 Å². The number of nitrogens with zero attached hydrogens (tertiary/aromatic N) is 1. The summed E-state index contributed by atoms with van der Waals surface area (Å²) in [5.74, 6) is -2.22. The number of esters is 1. The lowest BCUT2D eigenvalue weighted by atomic mass is 9.78. The Morgan fingerprint density at radius 2 is 1.57 bits per heavy atom. The van der Waals surface area contributed by atoms with Crippen molar-refractivity contribution >= 4 is 17.8 Å². The number of piperidine rings is 1. The van der Waals surface area contributed by atoms with E-state index in [9.17, 15) is 19.5 Å². The molecule has 2 aliphatic rings. The first-order chi connectivity index (χ1) is 10.0. The van der Waals surface area contributed by atoms with Gasteiger partial charge in [0.1, 0.15) is 0 Å². The second kappa shape index (κ2) is 6.91. The maximum absolute atomic E-state index is 12.6. The average Bonchev–Trinajstić information content (AvgIpc) is 2.53. The summed E-state index contributed by atoms with van der Waals surface area (Å²) < 4.78 is 4.73. The van der Waals surface area contributed by atoms with E-state index in [1.165, 1.54) is 7.11 Å². The van der Waals surface area contributed by atoms with Crippen molar-refractivity contribution in [3.63, 3.8) is 0 Å². The summed E-state index contributed by atoms with van der Waals surface area (Å²) in [6.07, 6.45) is 4.24. The van der Waals surface area contributed by atoms with Crippen LogP contribution in [0.4, 0.5) is 0 Å². The second-order valence-corrected chi connectivity index (χ2v) is 5.96. The second-order valence-electron chi connectivity index (χ2n) is 5.96. The number of hydrogen-bond donors (Lipinski definition) is 1. The van der Waals surface area contributed by atoms with E-state index >= 15 is 0 Å². The van der Waals surface area contributed by atoms with Crippen LogP contribution in [0, 0.1) is 17.8 Å². The topological polar surface area (TPSA) is 83.9 Å². The Morgan fingerprint density at radius 3 is 2.10 bits per heavy atom. The van der Waals surface area contributed by atoms with Gasteiger partial charge in [-0.2, -0.15) is 0 Å². The van der Waals surface area contributed by atoms with E-state index in [1.807, 2.05) is 0 Å². The number of carbonyl (C=O) groups excluding carboxylic acids is 2. The van der Waals surface area contributed by atoms with Crippen LogP contribution in [0.2, 0.25) is 0 Å². The summed E-state index contributed by atoms with van der Waals surface area (Å²) in [5, 5.41) is 9.27. The lowest BCUT2D eigenvalue weighted by Gasteiger charge is -2.36. The molecular formula is C15H23NO5. The quantitative estimate of drug-likeness (QED) is 0.794. The van der Waals surface area contributed by atoms with Crippen LogP contribution in [0.1, 0.15) is 38.5 Å². The molecular weight excluding hydrogens is 274 g/mol. The number of methoxy groups -OCH3 is 1. The molecule has 6 heteroatoms. The highest BCUT2D eigenvalue weighted by molar-refractivity contribution is 5.85. The third-order valence-electron chi connectivity index (χ3n) is 4.74. The molecule has 21 heavy (non-hydrogen) atoms. The lowest BCUT2D eigenvalue weighted by molar-refractivity contribution is -0.154. The molecule has 0 aromatic heterocycles. The minimum atomic E-state index is -0.863. The molecule has 1 amide bonds. The minimum absolute atomic E-state index is 0.0505. The van der Waals surface area contributed by atoms with Crippen molar-refractivity contribution in [2.24, 2.45) is 17.8 Å². The lowest BCUT2D eigenvalue weighted by Crippen LogP contribution is -2.46. The average molecular weight is 297 g/mol. The van der Waals surface area contributed by atoms with Gasteiger partial charge in [-0.1, -0.05) is 12.8 Å². The van der Waals surface area contributed by atoms with Crippen LogP contribution < -0.4 is 0 Å². The van der Waals surface area contributed by atoms with Gasteiger partial charge in [0.15, 0.2) is 0 Å². The molecule has 1 saturated heterocycles. The van der Waals surface area contributed by atoms with Gasteiger partial charge in [0, 0.05) is 13.1 Å². The SMILES string of the molecule is COC(=O)C1CCN(C(=O)C2CCCCC2C(=O)O)CC1. The summed E-state index contributed by atoms with van der Waals surface area (Å²) in [4.78, 5) is 37.1. The first-order valence-corrected chi connectivity index (χ1v) is 7.64. The Labute approximate surface area is 124 Å². The fourth-order valence-electron chi connectivity index (χ4n) is 3.46. The number of amides is 1. The number of carboxylic acids is 1. The first-order valence-electron chi connectivity index (χ1n) is 7.64. The van der Waals surface area contributed by atoms with Crippen LogP contribution in [0.5, 0.6) is 0 Å². The number of ether oxygens (including phenoxy) is 1. The molecule has 1 saturated carbocycles. The van der Waals surface area contributed by atoms with E-state index in [0.717, 1.165) is 12.8 Å². The van der Waals surface area contributed by atoms with E-state index < -0.39 is 17.8 Å². The van der Waals surface area contributed by atoms with Gasteiger partial charge in [-0.05, 0) is 25.7 Å². The molecule has 2 rings (SSSR count). The molecule has 6 nitrogen and oxygen atoms in total. The highest BCUT2D eigenvalue weighted by Crippen LogP contribution is 2.32. The number of likely N-dealkylation sites (tertiary alicyclic amines) is 1. The summed E-state index contributed by atoms with van der Waals surface area (Å²) in [5.41, 5.74) is 0. The Morgan fingerprint density at radius 1 is 1.00 bits per heavy atom. The predicted octanol–water partition coefficient (Wildman–Crippen LogP) is 1.29. The van der Waals surface area contributed by atoms with Crippen molar-refractivity contribution in [1.29, 1.82) is 0 Å². The van der Waals surface area contributed by atoms with Gasteiger partial charge in [-0.25, -0.2) is 0 Å². The van der Waals surface area contributed by atoms with Gasteiger partial charge in [0.05, 0.1) is 24.9 Å². The van der Waals surface area contributed by atoms with Crippen LogP contribution >= 0.6 is 0 Å². The molecule has 118 valence electrons. The van der Waals surface area contributed by atoms with Crippen molar-refractivity contribution in [3.8, 4) is 0 Å². The highest BCUT2D eigenvalue weighted by atomic mass is 16.5. The zero-order valence-electron chi connectivity index (χ0n) is 12.4. The van der Waals surface area contributed by atoms with Gasteiger partial charge in [0.25, 0.3) is 0 Å². The Bertz CT molecular complexity index is 414. The van der Waals surface area contributed by atoms with Crippen molar-refractivity contribution in [1.82, 2.24) is 4.90 Å². The zero-order chi connectivity index (χ0) is 15.4. The molecule has 0 radical (unpaired) electrons. The third kappa shape index (κ3) is 3.54. The molecule has 0 spiro atoms. The number of aliphatic carboxylic acids is 1. The smallest absolute Gasteiger partial charge is 0.308 e. The summed E-state index contributed by atoms with van der Waals surface area (Å²) in [7, 11) is 1.37. The molecule has 1 heterocycles.